The number of carbonyl (C=O) groups is 6. The highest BCUT2D eigenvalue weighted by molar-refractivity contribution is 5.89. The van der Waals surface area contributed by atoms with Crippen LogP contribution in [0, 0.1) is 0 Å². The normalized spacial score (nSPS) is 11.2. The first-order chi connectivity index (χ1) is 38.8. The molecule has 0 bridgehead atoms. The van der Waals surface area contributed by atoms with E-state index in [-0.39, 0.29) is 22.3 Å². The van der Waals surface area contributed by atoms with Gasteiger partial charge in [0.05, 0.1) is 0 Å². The molecule has 83 heavy (non-hydrogen) atoms. The van der Waals surface area contributed by atoms with E-state index in [1.807, 2.05) is 48.5 Å². The van der Waals surface area contributed by atoms with Gasteiger partial charge >= 0.3 is 48.2 Å². The van der Waals surface area contributed by atoms with Gasteiger partial charge in [0.2, 0.25) is 5.41 Å². The standard InChI is InChI=1S/C23H24O4.C21H14F6O4.C21H20O4/c1-15(2)21(24)26-19-11-7-17(8-12-19)23(5,6)18-9-13-20(14-10-18)27-22(25)16(3)4;1-3-17(28)30-15-9-5-13(6-10-15)19(20(22,23)24,21(25,26)27)14-7-11-16(12-8-14)31-18(29)4-2;1-5-19(22)24-17-11-7-15(8-12-17)21(3,4)16-9-13-18(14-10-16)25-20(23)6-2/h7-14H,1,3H2,2,4-6H3;3-12H,1-2H2;5-14H,1-2H2,3-4H3. The van der Waals surface area contributed by atoms with Crippen LogP contribution in [0.25, 0.3) is 0 Å². The van der Waals surface area contributed by atoms with Crippen LogP contribution in [0.3, 0.4) is 0 Å². The zero-order valence-corrected chi connectivity index (χ0v) is 46.1. The lowest BCUT2D eigenvalue weighted by molar-refractivity contribution is -0.288. The first-order valence-electron chi connectivity index (χ1n) is 24.7. The van der Waals surface area contributed by atoms with Crippen LogP contribution < -0.4 is 28.4 Å². The van der Waals surface area contributed by atoms with Crippen molar-refractivity contribution in [1.82, 2.24) is 0 Å². The number of esters is 6. The number of alkyl halides is 6. The Balaban J connectivity index is 0.000000269. The molecule has 12 nitrogen and oxygen atoms in total. The van der Waals surface area contributed by atoms with Crippen LogP contribution >= 0.6 is 0 Å². The van der Waals surface area contributed by atoms with E-state index in [0.717, 1.165) is 70.8 Å². The van der Waals surface area contributed by atoms with Crippen molar-refractivity contribution in [2.75, 3.05) is 0 Å². The Kier molecular flexibility index (Phi) is 22.2. The van der Waals surface area contributed by atoms with E-state index in [2.05, 4.69) is 67.2 Å². The van der Waals surface area contributed by atoms with Gasteiger partial charge in [0.15, 0.2) is 0 Å². The van der Waals surface area contributed by atoms with Gasteiger partial charge in [-0.2, -0.15) is 26.3 Å². The third kappa shape index (κ3) is 17.1. The smallest absolute Gasteiger partial charge is 0.411 e. The van der Waals surface area contributed by atoms with Crippen LogP contribution in [0.5, 0.6) is 34.5 Å². The summed E-state index contributed by atoms with van der Waals surface area (Å²) in [6.07, 6.45) is -7.79. The number of ether oxygens (including phenoxy) is 6. The van der Waals surface area contributed by atoms with E-state index >= 15 is 0 Å². The van der Waals surface area contributed by atoms with Crippen LogP contribution in [0.15, 0.2) is 221 Å². The lowest BCUT2D eigenvalue weighted by atomic mass is 9.73. The second-order valence-corrected chi connectivity index (χ2v) is 19.0. The Labute approximate surface area is 476 Å². The fourth-order valence-corrected chi connectivity index (χ4v) is 7.64. The molecule has 0 aliphatic rings. The highest BCUT2D eigenvalue weighted by Crippen LogP contribution is 2.56. The van der Waals surface area contributed by atoms with Crippen LogP contribution in [0.2, 0.25) is 0 Å². The molecule has 0 aliphatic heterocycles. The van der Waals surface area contributed by atoms with Crippen molar-refractivity contribution < 1.29 is 83.5 Å². The van der Waals surface area contributed by atoms with E-state index < -0.39 is 64.7 Å². The first kappa shape index (κ1) is 65.7. The van der Waals surface area contributed by atoms with Crippen molar-refractivity contribution >= 4 is 35.8 Å². The van der Waals surface area contributed by atoms with Crippen LogP contribution in [-0.2, 0) is 45.0 Å². The quantitative estimate of drug-likeness (QED) is 0.0348. The van der Waals surface area contributed by atoms with Gasteiger partial charge in [0, 0.05) is 46.3 Å². The largest absolute Gasteiger partial charge is 0.423 e. The van der Waals surface area contributed by atoms with Gasteiger partial charge in [-0.3, -0.25) is 0 Å². The fourth-order valence-electron chi connectivity index (χ4n) is 7.64. The third-order valence-electron chi connectivity index (χ3n) is 12.4. The summed E-state index contributed by atoms with van der Waals surface area (Å²) in [6.45, 7) is 31.7. The Hall–Kier alpha value is -9.84. The zero-order chi connectivity index (χ0) is 62.1. The average Bonchev–Trinajstić information content (AvgIpc) is 3.62. The average molecular weight is 1150 g/mol. The maximum atomic E-state index is 14.1. The Morgan fingerprint density at radius 3 is 0.651 bits per heavy atom. The maximum absolute atomic E-state index is 14.1. The summed E-state index contributed by atoms with van der Waals surface area (Å²) in [4.78, 5) is 68.1. The van der Waals surface area contributed by atoms with E-state index in [1.165, 1.54) is 0 Å². The molecule has 0 aliphatic carbocycles. The summed E-state index contributed by atoms with van der Waals surface area (Å²) in [5.41, 5.74) is -2.32. The molecule has 0 atom stereocenters. The Morgan fingerprint density at radius 2 is 0.494 bits per heavy atom. The highest BCUT2D eigenvalue weighted by atomic mass is 19.4. The molecule has 0 aromatic heterocycles. The molecule has 0 fully saturated rings. The summed E-state index contributed by atoms with van der Waals surface area (Å²) in [5.74, 6) is -2.37. The molecule has 6 rings (SSSR count). The summed E-state index contributed by atoms with van der Waals surface area (Å²) < 4.78 is 114. The summed E-state index contributed by atoms with van der Waals surface area (Å²) in [5, 5.41) is 0. The van der Waals surface area contributed by atoms with Crippen LogP contribution in [-0.4, -0.2) is 48.2 Å². The van der Waals surface area contributed by atoms with Crippen LogP contribution in [0.1, 0.15) is 74.9 Å². The minimum Gasteiger partial charge on any atom is -0.423 e. The monoisotopic (exact) mass is 1140 g/mol. The minimum atomic E-state index is -5.80. The van der Waals surface area contributed by atoms with Gasteiger partial charge in [-0.1, -0.05) is 140 Å². The fraction of sp³-hybridized carbons (Fsp3) is 0.169. The summed E-state index contributed by atoms with van der Waals surface area (Å²) >= 11 is 0. The van der Waals surface area contributed by atoms with Crippen molar-refractivity contribution in [3.63, 3.8) is 0 Å². The van der Waals surface area contributed by atoms with Gasteiger partial charge in [0.25, 0.3) is 0 Å². The number of benzene rings is 6. The van der Waals surface area contributed by atoms with Gasteiger partial charge in [-0.05, 0) is 120 Å². The zero-order valence-electron chi connectivity index (χ0n) is 46.1. The summed E-state index contributed by atoms with van der Waals surface area (Å²) in [6, 6.07) is 34.9. The van der Waals surface area contributed by atoms with Gasteiger partial charge < -0.3 is 28.4 Å². The van der Waals surface area contributed by atoms with E-state index in [4.69, 9.17) is 28.4 Å². The first-order valence-corrected chi connectivity index (χ1v) is 24.7. The molecule has 6 aromatic carbocycles. The molecule has 0 unspecified atom stereocenters. The van der Waals surface area contributed by atoms with E-state index in [0.29, 0.717) is 58.4 Å². The Morgan fingerprint density at radius 1 is 0.325 bits per heavy atom. The molecule has 0 heterocycles. The lowest BCUT2D eigenvalue weighted by Crippen LogP contribution is -2.54. The van der Waals surface area contributed by atoms with Crippen molar-refractivity contribution in [1.29, 1.82) is 0 Å². The van der Waals surface area contributed by atoms with Crippen molar-refractivity contribution in [3.8, 4) is 34.5 Å². The van der Waals surface area contributed by atoms with E-state index in [1.54, 1.807) is 62.4 Å². The number of carbonyl (C=O) groups excluding carboxylic acids is 6. The maximum Gasteiger partial charge on any atom is 0.411 e. The molecule has 0 saturated carbocycles. The molecule has 0 spiro atoms. The molecule has 0 radical (unpaired) electrons. The van der Waals surface area contributed by atoms with E-state index in [9.17, 15) is 55.1 Å². The highest BCUT2D eigenvalue weighted by Gasteiger charge is 2.72. The summed E-state index contributed by atoms with van der Waals surface area (Å²) in [7, 11) is 0. The molecular formula is C65H58F6O12. The second kappa shape index (κ2) is 28.0. The topological polar surface area (TPSA) is 158 Å². The second-order valence-electron chi connectivity index (χ2n) is 19.0. The number of halogens is 6. The number of hydrogen-bond acceptors (Lipinski definition) is 12. The number of rotatable bonds is 18. The van der Waals surface area contributed by atoms with Crippen molar-refractivity contribution in [2.45, 2.75) is 70.1 Å². The lowest BCUT2D eigenvalue weighted by Gasteiger charge is -2.38. The SMILES string of the molecule is C=C(C)C(=O)Oc1ccc(C(C)(C)c2ccc(OC(=O)C(=C)C)cc2)cc1.C=CC(=O)Oc1ccc(C(C)(C)c2ccc(OC(=O)C=C)cc2)cc1.C=CC(=O)Oc1ccc(C(c2ccc(OC(=O)C=C)cc2)(C(F)(F)F)C(F)(F)F)cc1. The third-order valence-corrected chi connectivity index (χ3v) is 12.4. The van der Waals surface area contributed by atoms with Gasteiger partial charge in [-0.25, -0.2) is 28.8 Å². The van der Waals surface area contributed by atoms with Gasteiger partial charge in [-0.15, -0.1) is 0 Å². The molecule has 432 valence electrons. The molecule has 18 heteroatoms. The predicted octanol–water partition coefficient (Wildman–Crippen LogP) is 14.5. The molecule has 0 N–H and O–H groups in total. The van der Waals surface area contributed by atoms with Gasteiger partial charge in [0.1, 0.15) is 34.5 Å². The Bertz CT molecular complexity index is 3130. The van der Waals surface area contributed by atoms with Crippen molar-refractivity contribution in [2.24, 2.45) is 0 Å². The molecule has 0 saturated heterocycles. The van der Waals surface area contributed by atoms with Crippen LogP contribution in [0.4, 0.5) is 26.3 Å². The minimum absolute atomic E-state index is 0.265. The predicted molar refractivity (Wildman–Crippen MR) is 300 cm³/mol. The van der Waals surface area contributed by atoms with Crippen molar-refractivity contribution in [3.05, 3.63) is 254 Å². The number of hydrogen-bond donors (Lipinski definition) is 0. The molecular weight excluding hydrogens is 1090 g/mol. The molecule has 6 aromatic rings. The molecule has 0 amide bonds.